The van der Waals surface area contributed by atoms with E-state index < -0.39 is 0 Å². The molecule has 0 bridgehead atoms. The van der Waals surface area contributed by atoms with E-state index in [1.807, 2.05) is 0 Å². The standard InChI is InChI=1S/C11H21N3O/c12-7-9-3-5-14(6-4-9)8-11(15)13-10-1-2-10/h9-10H,1-8,12H2,(H,13,15). The van der Waals surface area contributed by atoms with Crippen LogP contribution in [0.25, 0.3) is 0 Å². The molecule has 15 heavy (non-hydrogen) atoms. The summed E-state index contributed by atoms with van der Waals surface area (Å²) in [6.07, 6.45) is 4.63. The smallest absolute Gasteiger partial charge is 0.234 e. The van der Waals surface area contributed by atoms with Crippen molar-refractivity contribution in [3.63, 3.8) is 0 Å². The maximum Gasteiger partial charge on any atom is 0.234 e. The zero-order valence-electron chi connectivity index (χ0n) is 9.24. The molecule has 4 nitrogen and oxygen atoms in total. The molecule has 0 aromatic heterocycles. The van der Waals surface area contributed by atoms with E-state index in [1.165, 1.54) is 12.8 Å². The zero-order chi connectivity index (χ0) is 10.7. The van der Waals surface area contributed by atoms with Gasteiger partial charge in [0.25, 0.3) is 0 Å². The Labute approximate surface area is 91.2 Å². The SMILES string of the molecule is NCC1CCN(CC(=O)NC2CC2)CC1. The van der Waals surface area contributed by atoms with Crippen LogP contribution in [0.5, 0.6) is 0 Å². The Morgan fingerprint density at radius 2 is 1.93 bits per heavy atom. The van der Waals surface area contributed by atoms with Crippen LogP contribution >= 0.6 is 0 Å². The zero-order valence-corrected chi connectivity index (χ0v) is 9.24. The minimum absolute atomic E-state index is 0.198. The molecule has 2 fully saturated rings. The average Bonchev–Trinajstić information content (AvgIpc) is 3.03. The largest absolute Gasteiger partial charge is 0.352 e. The molecule has 0 spiro atoms. The van der Waals surface area contributed by atoms with E-state index in [1.54, 1.807) is 0 Å². The number of carbonyl (C=O) groups is 1. The highest BCUT2D eigenvalue weighted by Crippen LogP contribution is 2.19. The fraction of sp³-hybridized carbons (Fsp3) is 0.909. The third-order valence-corrected chi connectivity index (χ3v) is 3.35. The van der Waals surface area contributed by atoms with Gasteiger partial charge in [-0.3, -0.25) is 9.69 Å². The molecular formula is C11H21N3O. The Morgan fingerprint density at radius 3 is 2.47 bits per heavy atom. The van der Waals surface area contributed by atoms with Crippen LogP contribution in [0.1, 0.15) is 25.7 Å². The van der Waals surface area contributed by atoms with Crippen LogP contribution in [0.4, 0.5) is 0 Å². The summed E-state index contributed by atoms with van der Waals surface area (Å²) in [5.74, 6) is 0.872. The van der Waals surface area contributed by atoms with Crippen molar-refractivity contribution in [2.75, 3.05) is 26.2 Å². The van der Waals surface area contributed by atoms with Gasteiger partial charge in [-0.2, -0.15) is 0 Å². The molecule has 1 aliphatic carbocycles. The van der Waals surface area contributed by atoms with Crippen molar-refractivity contribution in [1.82, 2.24) is 10.2 Å². The Kier molecular flexibility index (Phi) is 3.59. The summed E-state index contributed by atoms with van der Waals surface area (Å²) in [4.78, 5) is 13.8. The van der Waals surface area contributed by atoms with Gasteiger partial charge in [0.1, 0.15) is 0 Å². The monoisotopic (exact) mass is 211 g/mol. The molecular weight excluding hydrogens is 190 g/mol. The fourth-order valence-electron chi connectivity index (χ4n) is 2.08. The van der Waals surface area contributed by atoms with Gasteiger partial charge in [0.2, 0.25) is 5.91 Å². The van der Waals surface area contributed by atoms with Crippen molar-refractivity contribution in [1.29, 1.82) is 0 Å². The van der Waals surface area contributed by atoms with Gasteiger partial charge < -0.3 is 11.1 Å². The van der Waals surface area contributed by atoms with E-state index in [2.05, 4.69) is 10.2 Å². The molecule has 0 aromatic carbocycles. The average molecular weight is 211 g/mol. The van der Waals surface area contributed by atoms with Crippen LogP contribution in [0.15, 0.2) is 0 Å². The van der Waals surface area contributed by atoms with E-state index in [4.69, 9.17) is 5.73 Å². The fourth-order valence-corrected chi connectivity index (χ4v) is 2.08. The first-order valence-corrected chi connectivity index (χ1v) is 5.99. The van der Waals surface area contributed by atoms with Gasteiger partial charge in [0.15, 0.2) is 0 Å². The van der Waals surface area contributed by atoms with E-state index in [0.29, 0.717) is 18.5 Å². The summed E-state index contributed by atoms with van der Waals surface area (Å²) >= 11 is 0. The maximum absolute atomic E-state index is 11.5. The van der Waals surface area contributed by atoms with Crippen molar-refractivity contribution in [3.05, 3.63) is 0 Å². The number of nitrogens with one attached hydrogen (secondary N) is 1. The second-order valence-corrected chi connectivity index (χ2v) is 4.80. The predicted octanol–water partition coefficient (Wildman–Crippen LogP) is -0.0643. The number of likely N-dealkylation sites (tertiary alicyclic amines) is 1. The van der Waals surface area contributed by atoms with Crippen LogP contribution in [0.3, 0.4) is 0 Å². The van der Waals surface area contributed by atoms with E-state index >= 15 is 0 Å². The first-order valence-electron chi connectivity index (χ1n) is 5.99. The van der Waals surface area contributed by atoms with Crippen molar-refractivity contribution in [3.8, 4) is 0 Å². The highest BCUT2D eigenvalue weighted by atomic mass is 16.2. The Hall–Kier alpha value is -0.610. The van der Waals surface area contributed by atoms with Crippen molar-refractivity contribution in [2.24, 2.45) is 11.7 Å². The number of hydrogen-bond donors (Lipinski definition) is 2. The molecule has 3 N–H and O–H groups in total. The van der Waals surface area contributed by atoms with Crippen LogP contribution in [-0.4, -0.2) is 43.0 Å². The number of nitrogens with two attached hydrogens (primary N) is 1. The topological polar surface area (TPSA) is 58.4 Å². The summed E-state index contributed by atoms with van der Waals surface area (Å²) < 4.78 is 0. The number of hydrogen-bond acceptors (Lipinski definition) is 3. The van der Waals surface area contributed by atoms with Crippen molar-refractivity contribution < 1.29 is 4.79 Å². The van der Waals surface area contributed by atoms with Crippen molar-refractivity contribution in [2.45, 2.75) is 31.7 Å². The Bertz CT molecular complexity index is 220. The molecule has 1 amide bonds. The molecule has 4 heteroatoms. The van der Waals surface area contributed by atoms with Crippen LogP contribution < -0.4 is 11.1 Å². The predicted molar refractivity (Wildman–Crippen MR) is 59.4 cm³/mol. The van der Waals surface area contributed by atoms with Gasteiger partial charge in [0, 0.05) is 6.04 Å². The lowest BCUT2D eigenvalue weighted by Crippen LogP contribution is -2.43. The third kappa shape index (κ3) is 3.47. The highest BCUT2D eigenvalue weighted by Gasteiger charge is 2.25. The molecule has 0 radical (unpaired) electrons. The van der Waals surface area contributed by atoms with Gasteiger partial charge in [-0.1, -0.05) is 0 Å². The van der Waals surface area contributed by atoms with Gasteiger partial charge in [-0.15, -0.1) is 0 Å². The minimum atomic E-state index is 0.198. The molecule has 1 saturated carbocycles. The first-order chi connectivity index (χ1) is 7.28. The van der Waals surface area contributed by atoms with Crippen molar-refractivity contribution >= 4 is 5.91 Å². The van der Waals surface area contributed by atoms with Gasteiger partial charge >= 0.3 is 0 Å². The number of nitrogens with zero attached hydrogens (tertiary/aromatic N) is 1. The number of carbonyl (C=O) groups excluding carboxylic acids is 1. The molecule has 1 saturated heterocycles. The second-order valence-electron chi connectivity index (χ2n) is 4.80. The third-order valence-electron chi connectivity index (χ3n) is 3.35. The number of piperidine rings is 1. The summed E-state index contributed by atoms with van der Waals surface area (Å²) in [5, 5.41) is 3.02. The molecule has 86 valence electrons. The van der Waals surface area contributed by atoms with Gasteiger partial charge in [-0.05, 0) is 51.2 Å². The highest BCUT2D eigenvalue weighted by molar-refractivity contribution is 5.78. The van der Waals surface area contributed by atoms with Gasteiger partial charge in [-0.25, -0.2) is 0 Å². The molecule has 0 aromatic rings. The Morgan fingerprint density at radius 1 is 1.27 bits per heavy atom. The molecule has 2 aliphatic rings. The minimum Gasteiger partial charge on any atom is -0.352 e. The molecule has 1 aliphatic heterocycles. The lowest BCUT2D eigenvalue weighted by molar-refractivity contribution is -0.122. The normalized spacial score (nSPS) is 24.1. The lowest BCUT2D eigenvalue weighted by Gasteiger charge is -2.30. The van der Waals surface area contributed by atoms with Crippen LogP contribution in [-0.2, 0) is 4.79 Å². The Balaban J connectivity index is 1.64. The van der Waals surface area contributed by atoms with E-state index in [-0.39, 0.29) is 5.91 Å². The molecule has 0 atom stereocenters. The maximum atomic E-state index is 11.5. The quantitative estimate of drug-likeness (QED) is 0.684. The summed E-state index contributed by atoms with van der Waals surface area (Å²) in [6.45, 7) is 3.43. The van der Waals surface area contributed by atoms with Crippen LogP contribution in [0, 0.1) is 5.92 Å². The number of rotatable bonds is 4. The second kappa shape index (κ2) is 4.94. The summed E-state index contributed by atoms with van der Waals surface area (Å²) in [5.41, 5.74) is 5.63. The first kappa shape index (κ1) is 10.9. The van der Waals surface area contributed by atoms with Crippen LogP contribution in [0.2, 0.25) is 0 Å². The summed E-state index contributed by atoms with van der Waals surface area (Å²) in [7, 11) is 0. The van der Waals surface area contributed by atoms with Gasteiger partial charge in [0.05, 0.1) is 6.54 Å². The summed E-state index contributed by atoms with van der Waals surface area (Å²) in [6, 6.07) is 0.485. The molecule has 2 rings (SSSR count). The molecule has 1 heterocycles. The molecule has 0 unspecified atom stereocenters. The van der Waals surface area contributed by atoms with E-state index in [9.17, 15) is 4.79 Å². The lowest BCUT2D eigenvalue weighted by atomic mass is 9.97. The number of amides is 1. The van der Waals surface area contributed by atoms with E-state index in [0.717, 1.165) is 32.5 Å².